The topological polar surface area (TPSA) is 172 Å². The van der Waals surface area contributed by atoms with Crippen LogP contribution in [0.5, 0.6) is 0 Å². The van der Waals surface area contributed by atoms with Gasteiger partial charge in [0.25, 0.3) is 0 Å². The SMILES string of the molecule is N=C(N=C([NH-])c1ccccn1)c1ccccn1.N=C(N=C([NH-])c1ccccn1)c1ccccn1.[Ni+2]. The van der Waals surface area contributed by atoms with E-state index in [4.69, 9.17) is 22.3 Å². The van der Waals surface area contributed by atoms with Gasteiger partial charge in [-0.3, -0.25) is 19.9 Å². The molecule has 4 N–H and O–H groups in total. The van der Waals surface area contributed by atoms with E-state index in [0.29, 0.717) is 22.8 Å². The average molecular weight is 507 g/mol. The van der Waals surface area contributed by atoms with Crippen molar-refractivity contribution in [2.24, 2.45) is 9.98 Å². The van der Waals surface area contributed by atoms with Crippen molar-refractivity contribution in [1.82, 2.24) is 19.9 Å². The van der Waals surface area contributed by atoms with E-state index >= 15 is 0 Å². The van der Waals surface area contributed by atoms with Crippen LogP contribution in [-0.4, -0.2) is 43.3 Å². The van der Waals surface area contributed by atoms with Crippen LogP contribution in [0.25, 0.3) is 11.5 Å². The van der Waals surface area contributed by atoms with Gasteiger partial charge in [-0.1, -0.05) is 24.3 Å². The summed E-state index contributed by atoms with van der Waals surface area (Å²) in [6.07, 6.45) is 6.35. The molecule has 4 heterocycles. The Bertz CT molecular complexity index is 1180. The molecular formula is C24H20N10Ni. The summed E-state index contributed by atoms with van der Waals surface area (Å²) < 4.78 is 0. The molecule has 0 saturated carbocycles. The maximum absolute atomic E-state index is 7.71. The molecule has 10 nitrogen and oxygen atoms in total. The minimum Gasteiger partial charge on any atom is -0.480 e. The number of nitrogens with zero attached hydrogens (tertiary/aromatic N) is 6. The van der Waals surface area contributed by atoms with Gasteiger partial charge in [-0.15, -0.1) is 0 Å². The van der Waals surface area contributed by atoms with Crippen molar-refractivity contribution >= 4 is 23.3 Å². The quantitative estimate of drug-likeness (QED) is 0.234. The molecule has 4 aromatic heterocycles. The second-order valence-electron chi connectivity index (χ2n) is 6.48. The Morgan fingerprint density at radius 1 is 0.514 bits per heavy atom. The van der Waals surface area contributed by atoms with Gasteiger partial charge in [-0.2, -0.15) is 0 Å². The summed E-state index contributed by atoms with van der Waals surface area (Å²) in [5, 5.41) is 15.4. The first-order valence-electron chi connectivity index (χ1n) is 9.98. The Morgan fingerprint density at radius 3 is 1.06 bits per heavy atom. The molecule has 0 aliphatic carbocycles. The van der Waals surface area contributed by atoms with Gasteiger partial charge in [0.05, 0.1) is 34.4 Å². The Hall–Kier alpha value is -4.63. The molecule has 0 amide bonds. The van der Waals surface area contributed by atoms with Crippen molar-refractivity contribution in [2.45, 2.75) is 0 Å². The van der Waals surface area contributed by atoms with Crippen molar-refractivity contribution in [3.05, 3.63) is 132 Å². The second kappa shape index (κ2) is 13.8. The number of rotatable bonds is 4. The van der Waals surface area contributed by atoms with Gasteiger partial charge < -0.3 is 32.3 Å². The van der Waals surface area contributed by atoms with E-state index in [-0.39, 0.29) is 39.8 Å². The van der Waals surface area contributed by atoms with Crippen molar-refractivity contribution in [2.75, 3.05) is 0 Å². The number of amidine groups is 4. The predicted molar refractivity (Wildman–Crippen MR) is 132 cm³/mol. The van der Waals surface area contributed by atoms with E-state index in [2.05, 4.69) is 29.9 Å². The number of pyridine rings is 4. The van der Waals surface area contributed by atoms with E-state index in [0.717, 1.165) is 0 Å². The first-order chi connectivity index (χ1) is 16.5. The van der Waals surface area contributed by atoms with Crippen molar-refractivity contribution < 1.29 is 16.5 Å². The molecule has 0 fully saturated rings. The monoisotopic (exact) mass is 506 g/mol. The molecule has 176 valence electrons. The molecule has 0 aromatic carbocycles. The number of hydrogen-bond acceptors (Lipinski definition) is 6. The summed E-state index contributed by atoms with van der Waals surface area (Å²) in [5.74, 6) is -0.162. The number of hydrogen-bond donors (Lipinski definition) is 2. The fourth-order valence-corrected chi connectivity index (χ4v) is 2.46. The molecule has 4 rings (SSSR count). The molecule has 0 spiro atoms. The molecule has 0 aliphatic rings. The molecule has 0 saturated heterocycles. The zero-order chi connectivity index (χ0) is 24.2. The van der Waals surface area contributed by atoms with Gasteiger partial charge in [-0.25, -0.2) is 0 Å². The third-order valence-electron chi connectivity index (χ3n) is 4.08. The fraction of sp³-hybridized carbons (Fsp3) is 0. The zero-order valence-corrected chi connectivity index (χ0v) is 19.2. The first kappa shape index (κ1) is 26.6. The van der Waals surface area contributed by atoms with E-state index in [9.17, 15) is 0 Å². The van der Waals surface area contributed by atoms with Crippen LogP contribution in [-0.2, 0) is 16.5 Å². The molecule has 0 aliphatic heterocycles. The molecule has 11 heteroatoms. The van der Waals surface area contributed by atoms with Crippen molar-refractivity contribution in [1.29, 1.82) is 10.8 Å². The standard InChI is InChI=1S/2C12H10N5.Ni/c2*13-11(9-5-1-3-7-15-9)17-12(14)10-6-2-4-8-16-10;/h2*1-8H,(H2-,13,14,17);/q2*-1;+2. The van der Waals surface area contributed by atoms with E-state index in [1.165, 1.54) is 0 Å². The second-order valence-corrected chi connectivity index (χ2v) is 6.48. The van der Waals surface area contributed by atoms with Crippen LogP contribution < -0.4 is 0 Å². The van der Waals surface area contributed by atoms with Gasteiger partial charge in [0.2, 0.25) is 0 Å². The van der Waals surface area contributed by atoms with Crippen molar-refractivity contribution in [3.63, 3.8) is 0 Å². The summed E-state index contributed by atoms with van der Waals surface area (Å²) in [6, 6.07) is 20.9. The molecule has 0 radical (unpaired) electrons. The van der Waals surface area contributed by atoms with Gasteiger partial charge in [0.1, 0.15) is 0 Å². The van der Waals surface area contributed by atoms with Gasteiger partial charge in [0, 0.05) is 24.8 Å². The van der Waals surface area contributed by atoms with Crippen molar-refractivity contribution in [3.8, 4) is 0 Å². The molecule has 4 aromatic rings. The van der Waals surface area contributed by atoms with Gasteiger partial charge in [0.15, 0.2) is 0 Å². The first-order valence-corrected chi connectivity index (χ1v) is 9.98. The average Bonchev–Trinajstić information content (AvgIpc) is 2.91. The molecule has 0 unspecified atom stereocenters. The minimum absolute atomic E-state index is 0. The summed E-state index contributed by atoms with van der Waals surface area (Å²) >= 11 is 0. The minimum atomic E-state index is -0.0405. The van der Waals surface area contributed by atoms with Gasteiger partial charge >= 0.3 is 16.5 Å². The van der Waals surface area contributed by atoms with Crippen LogP contribution >= 0.6 is 0 Å². The zero-order valence-electron chi connectivity index (χ0n) is 18.2. The number of aliphatic imine (C=N–C) groups is 2. The number of aromatic nitrogens is 4. The molecule has 0 atom stereocenters. The van der Waals surface area contributed by atoms with Crippen LogP contribution in [0.4, 0.5) is 0 Å². The Kier molecular flexibility index (Phi) is 10.5. The largest absolute Gasteiger partial charge is 2.00 e. The van der Waals surface area contributed by atoms with E-state index in [1.54, 1.807) is 97.6 Å². The Morgan fingerprint density at radius 2 is 0.800 bits per heavy atom. The third-order valence-corrected chi connectivity index (χ3v) is 4.08. The van der Waals surface area contributed by atoms with Crippen LogP contribution in [0.3, 0.4) is 0 Å². The fourth-order valence-electron chi connectivity index (χ4n) is 2.46. The maximum Gasteiger partial charge on any atom is 2.00 e. The number of nitrogens with one attached hydrogen (secondary N) is 4. The summed E-state index contributed by atoms with van der Waals surface area (Å²) in [7, 11) is 0. The molecular weight excluding hydrogens is 487 g/mol. The smallest absolute Gasteiger partial charge is 0.480 e. The van der Waals surface area contributed by atoms with Gasteiger partial charge in [-0.05, 0) is 60.2 Å². The third kappa shape index (κ3) is 8.34. The van der Waals surface area contributed by atoms with Crippen LogP contribution in [0.15, 0.2) is 108 Å². The maximum atomic E-state index is 7.71. The van der Waals surface area contributed by atoms with Crippen LogP contribution in [0, 0.1) is 10.8 Å². The van der Waals surface area contributed by atoms with Crippen LogP contribution in [0.1, 0.15) is 22.8 Å². The summed E-state index contributed by atoms with van der Waals surface area (Å²) in [5.41, 5.74) is 17.2. The predicted octanol–water partition coefficient (Wildman–Crippen LogP) is 4.60. The van der Waals surface area contributed by atoms with Crippen LogP contribution in [0.2, 0.25) is 0 Å². The Labute approximate surface area is 212 Å². The Balaban J connectivity index is 0.000000240. The normalized spacial score (nSPS) is 10.9. The summed E-state index contributed by atoms with van der Waals surface area (Å²) in [6.45, 7) is 0. The molecule has 35 heavy (non-hydrogen) atoms. The van der Waals surface area contributed by atoms with E-state index in [1.807, 2.05) is 0 Å². The molecule has 0 bridgehead atoms. The summed E-state index contributed by atoms with van der Waals surface area (Å²) in [4.78, 5) is 23.7. The van der Waals surface area contributed by atoms with E-state index < -0.39 is 0 Å².